The fourth-order valence-electron chi connectivity index (χ4n) is 2.07. The lowest BCUT2D eigenvalue weighted by molar-refractivity contribution is -0.144. The molecule has 1 aliphatic rings. The third-order valence-electron chi connectivity index (χ3n) is 2.99. The zero-order valence-electron chi connectivity index (χ0n) is 11.1. The average Bonchev–Trinajstić information content (AvgIpc) is 2.76. The normalized spacial score (nSPS) is 22.7. The molecular weight excluding hydrogens is 286 g/mol. The molecule has 0 saturated carbocycles. The molecule has 2 amide bonds. The maximum absolute atomic E-state index is 12.0. The molecule has 1 aliphatic heterocycles. The van der Waals surface area contributed by atoms with Crippen molar-refractivity contribution in [2.24, 2.45) is 5.73 Å². The van der Waals surface area contributed by atoms with Crippen molar-refractivity contribution in [2.45, 2.75) is 31.0 Å². The van der Waals surface area contributed by atoms with Gasteiger partial charge in [0.1, 0.15) is 12.6 Å². The van der Waals surface area contributed by atoms with Crippen molar-refractivity contribution in [3.63, 3.8) is 0 Å². The van der Waals surface area contributed by atoms with Gasteiger partial charge < -0.3 is 31.3 Å². The van der Waals surface area contributed by atoms with Crippen LogP contribution in [0.5, 0.6) is 0 Å². The van der Waals surface area contributed by atoms with E-state index in [0.717, 1.165) is 4.90 Å². The van der Waals surface area contributed by atoms with Gasteiger partial charge in [-0.2, -0.15) is 0 Å². The zero-order valence-corrected chi connectivity index (χ0v) is 11.1. The Morgan fingerprint density at radius 1 is 1.24 bits per heavy atom. The van der Waals surface area contributed by atoms with Crippen LogP contribution in [0.3, 0.4) is 0 Å². The Hall–Kier alpha value is -2.20. The van der Waals surface area contributed by atoms with Gasteiger partial charge in [-0.3, -0.25) is 19.2 Å². The van der Waals surface area contributed by atoms with Gasteiger partial charge in [0.2, 0.25) is 11.8 Å². The van der Waals surface area contributed by atoms with E-state index >= 15 is 0 Å². The molecule has 0 bridgehead atoms. The first-order valence-corrected chi connectivity index (χ1v) is 6.17. The van der Waals surface area contributed by atoms with E-state index in [9.17, 15) is 24.3 Å². The summed E-state index contributed by atoms with van der Waals surface area (Å²) >= 11 is 0. The van der Waals surface area contributed by atoms with Crippen molar-refractivity contribution in [1.82, 2.24) is 10.2 Å². The quantitative estimate of drug-likeness (QED) is 0.344. The molecule has 0 aliphatic carbocycles. The number of nitrogens with zero attached hydrogens (tertiary/aromatic N) is 1. The second-order valence-corrected chi connectivity index (χ2v) is 4.71. The van der Waals surface area contributed by atoms with E-state index in [-0.39, 0.29) is 13.0 Å². The molecule has 1 saturated heterocycles. The highest BCUT2D eigenvalue weighted by molar-refractivity contribution is 5.93. The number of hydrogen-bond acceptors (Lipinski definition) is 6. The largest absolute Gasteiger partial charge is 0.481 e. The molecule has 0 aromatic heterocycles. The molecule has 6 N–H and O–H groups in total. The number of carbonyl (C=O) groups excluding carboxylic acids is 2. The number of carboxylic acids is 2. The van der Waals surface area contributed by atoms with Crippen LogP contribution in [-0.2, 0) is 19.2 Å². The van der Waals surface area contributed by atoms with Gasteiger partial charge in [-0.05, 0) is 0 Å². The summed E-state index contributed by atoms with van der Waals surface area (Å²) in [5.41, 5.74) is 5.45. The van der Waals surface area contributed by atoms with E-state index in [1.54, 1.807) is 0 Å². The molecule has 1 heterocycles. The molecule has 0 radical (unpaired) electrons. The molecular formula is C11H17N3O7. The van der Waals surface area contributed by atoms with Gasteiger partial charge in [0, 0.05) is 13.0 Å². The van der Waals surface area contributed by atoms with Crippen molar-refractivity contribution in [3.8, 4) is 0 Å². The molecule has 118 valence electrons. The van der Waals surface area contributed by atoms with Gasteiger partial charge in [0.25, 0.3) is 0 Å². The monoisotopic (exact) mass is 303 g/mol. The summed E-state index contributed by atoms with van der Waals surface area (Å²) in [4.78, 5) is 45.7. The minimum atomic E-state index is -1.33. The first-order chi connectivity index (χ1) is 9.72. The summed E-state index contributed by atoms with van der Waals surface area (Å²) in [7, 11) is 0. The fourth-order valence-corrected chi connectivity index (χ4v) is 2.07. The molecule has 10 heteroatoms. The molecule has 10 nitrogen and oxygen atoms in total. The maximum atomic E-state index is 12.0. The molecule has 0 spiro atoms. The van der Waals surface area contributed by atoms with E-state index in [1.807, 2.05) is 0 Å². The Morgan fingerprint density at radius 3 is 2.38 bits per heavy atom. The van der Waals surface area contributed by atoms with E-state index in [1.165, 1.54) is 0 Å². The van der Waals surface area contributed by atoms with Crippen LogP contribution in [0.25, 0.3) is 0 Å². The van der Waals surface area contributed by atoms with Gasteiger partial charge in [-0.15, -0.1) is 0 Å². The number of nitrogens with one attached hydrogen (secondary N) is 1. The Balaban J connectivity index is 2.73. The highest BCUT2D eigenvalue weighted by Gasteiger charge is 2.40. The van der Waals surface area contributed by atoms with E-state index in [4.69, 9.17) is 15.9 Å². The number of amides is 2. The molecule has 1 rings (SSSR count). The third kappa shape index (κ3) is 4.68. The number of likely N-dealkylation sites (tertiary alicyclic amines) is 1. The third-order valence-corrected chi connectivity index (χ3v) is 2.99. The number of nitrogens with two attached hydrogens (primary N) is 1. The molecule has 0 aromatic carbocycles. The van der Waals surface area contributed by atoms with Gasteiger partial charge in [-0.1, -0.05) is 0 Å². The maximum Gasteiger partial charge on any atom is 0.322 e. The first-order valence-electron chi connectivity index (χ1n) is 6.17. The van der Waals surface area contributed by atoms with Crippen LogP contribution in [0, 0.1) is 0 Å². The van der Waals surface area contributed by atoms with Gasteiger partial charge in [0.05, 0.1) is 18.6 Å². The van der Waals surface area contributed by atoms with Crippen molar-refractivity contribution in [2.75, 3.05) is 13.1 Å². The number of aliphatic hydroxyl groups excluding tert-OH is 1. The number of β-amino-alcohol motifs (C(OH)–C–C–N with tert-alkyl or cyclic N) is 1. The van der Waals surface area contributed by atoms with Gasteiger partial charge in [-0.25, -0.2) is 0 Å². The van der Waals surface area contributed by atoms with E-state index in [0.29, 0.717) is 0 Å². The molecule has 21 heavy (non-hydrogen) atoms. The van der Waals surface area contributed by atoms with Crippen molar-refractivity contribution in [3.05, 3.63) is 0 Å². The van der Waals surface area contributed by atoms with Crippen molar-refractivity contribution < 1.29 is 34.5 Å². The first kappa shape index (κ1) is 16.9. The summed E-state index contributed by atoms with van der Waals surface area (Å²) in [5.74, 6) is -4.01. The Morgan fingerprint density at radius 2 is 1.86 bits per heavy atom. The summed E-state index contributed by atoms with van der Waals surface area (Å²) in [6.45, 7) is -0.772. The molecule has 0 unspecified atom stereocenters. The summed E-state index contributed by atoms with van der Waals surface area (Å²) in [6, 6.07) is -2.39. The SMILES string of the molecule is N[C@@H](CC(=O)O)C(=O)N1C[C@H](O)C[C@H]1C(=O)NCC(=O)O. The number of hydrogen-bond donors (Lipinski definition) is 5. The Kier molecular flexibility index (Phi) is 5.61. The highest BCUT2D eigenvalue weighted by atomic mass is 16.4. The van der Waals surface area contributed by atoms with Gasteiger partial charge in [0.15, 0.2) is 0 Å². The summed E-state index contributed by atoms with van der Waals surface area (Å²) < 4.78 is 0. The Labute approximate surface area is 119 Å². The lowest BCUT2D eigenvalue weighted by Gasteiger charge is -2.25. The van der Waals surface area contributed by atoms with Crippen LogP contribution < -0.4 is 11.1 Å². The van der Waals surface area contributed by atoms with E-state index < -0.39 is 54.9 Å². The summed E-state index contributed by atoms with van der Waals surface area (Å²) in [5, 5.41) is 28.8. The average molecular weight is 303 g/mol. The minimum Gasteiger partial charge on any atom is -0.481 e. The molecule has 0 aromatic rings. The second kappa shape index (κ2) is 6.99. The standard InChI is InChI=1S/C11H17N3O7/c12-6(2-8(16)17)11(21)14-4-5(15)1-7(14)10(20)13-3-9(18)19/h5-7,15H,1-4,12H2,(H,13,20)(H,16,17)(H,18,19)/t5-,6+,7+/m1/s1. The number of aliphatic carboxylic acids is 2. The number of aliphatic hydroxyl groups is 1. The van der Waals surface area contributed by atoms with Crippen molar-refractivity contribution >= 4 is 23.8 Å². The zero-order chi connectivity index (χ0) is 16.2. The van der Waals surface area contributed by atoms with Gasteiger partial charge >= 0.3 is 11.9 Å². The Bertz CT molecular complexity index is 453. The van der Waals surface area contributed by atoms with Crippen LogP contribution in [0.2, 0.25) is 0 Å². The smallest absolute Gasteiger partial charge is 0.322 e. The predicted molar refractivity (Wildman–Crippen MR) is 67.0 cm³/mol. The van der Waals surface area contributed by atoms with Crippen molar-refractivity contribution in [1.29, 1.82) is 0 Å². The fraction of sp³-hybridized carbons (Fsp3) is 0.636. The van der Waals surface area contributed by atoms with E-state index in [2.05, 4.69) is 5.32 Å². The minimum absolute atomic E-state index is 0.0585. The summed E-state index contributed by atoms with van der Waals surface area (Å²) in [6.07, 6.45) is -1.61. The van der Waals surface area contributed by atoms with Crippen LogP contribution >= 0.6 is 0 Å². The highest BCUT2D eigenvalue weighted by Crippen LogP contribution is 2.19. The number of rotatable bonds is 6. The lowest BCUT2D eigenvalue weighted by Crippen LogP contribution is -2.52. The molecule has 3 atom stereocenters. The number of carbonyl (C=O) groups is 4. The molecule has 1 fully saturated rings. The predicted octanol–water partition coefficient (Wildman–Crippen LogP) is -3.05. The van der Waals surface area contributed by atoms with Crippen LogP contribution in [0.1, 0.15) is 12.8 Å². The van der Waals surface area contributed by atoms with Crippen LogP contribution in [0.4, 0.5) is 0 Å². The lowest BCUT2D eigenvalue weighted by atomic mass is 10.1. The van der Waals surface area contributed by atoms with Crippen LogP contribution in [-0.4, -0.2) is 75.2 Å². The van der Waals surface area contributed by atoms with Crippen LogP contribution in [0.15, 0.2) is 0 Å². The number of carboxylic acid groups (broad SMARTS) is 2. The second-order valence-electron chi connectivity index (χ2n) is 4.71. The topological polar surface area (TPSA) is 170 Å².